The number of H-pyrrole nitrogens is 1. The number of rotatable bonds is 2. The zero-order valence-corrected chi connectivity index (χ0v) is 13.7. The van der Waals surface area contributed by atoms with Gasteiger partial charge < -0.3 is 14.6 Å². The summed E-state index contributed by atoms with van der Waals surface area (Å²) in [4.78, 5) is 25.9. The first-order valence-corrected chi connectivity index (χ1v) is 8.09. The second-order valence-electron chi connectivity index (χ2n) is 6.03. The predicted molar refractivity (Wildman–Crippen MR) is 89.6 cm³/mol. The fourth-order valence-corrected chi connectivity index (χ4v) is 3.07. The molecule has 1 aliphatic rings. The van der Waals surface area contributed by atoms with Crippen molar-refractivity contribution in [2.24, 2.45) is 0 Å². The highest BCUT2D eigenvalue weighted by Crippen LogP contribution is 2.23. The first-order valence-electron chi connectivity index (χ1n) is 8.09. The Labute approximate surface area is 143 Å². The van der Waals surface area contributed by atoms with Gasteiger partial charge in [-0.15, -0.1) is 0 Å². The first-order chi connectivity index (χ1) is 12.1. The van der Waals surface area contributed by atoms with Gasteiger partial charge in [0, 0.05) is 18.1 Å². The van der Waals surface area contributed by atoms with Crippen LogP contribution in [0.3, 0.4) is 0 Å². The highest BCUT2D eigenvalue weighted by molar-refractivity contribution is 5.98. The fraction of sp³-hybridized carbons (Fsp3) is 0.278. The monoisotopic (exact) mass is 340 g/mol. The Hall–Kier alpha value is -2.80. The second-order valence-corrected chi connectivity index (χ2v) is 6.03. The standard InChI is InChI=1S/C18H17FN4O2/c1-11-20-6-5-14(21-11)16-10-23(7-8-25-16)18(24)15-9-12-3-2-4-13(19)17(12)22-15/h2-6,9,16,22H,7-8,10H2,1H3. The van der Waals surface area contributed by atoms with E-state index in [0.717, 1.165) is 5.69 Å². The summed E-state index contributed by atoms with van der Waals surface area (Å²) in [6.45, 7) is 3.12. The number of aryl methyl sites for hydroxylation is 1. The van der Waals surface area contributed by atoms with Crippen molar-refractivity contribution in [1.29, 1.82) is 0 Å². The zero-order valence-electron chi connectivity index (χ0n) is 13.7. The summed E-state index contributed by atoms with van der Waals surface area (Å²) in [5, 5.41) is 0.680. The summed E-state index contributed by atoms with van der Waals surface area (Å²) in [5.74, 6) is 0.123. The Morgan fingerprint density at radius 3 is 3.08 bits per heavy atom. The molecule has 1 unspecified atom stereocenters. The van der Waals surface area contributed by atoms with Crippen LogP contribution in [0.25, 0.3) is 10.9 Å². The molecule has 7 heteroatoms. The number of aromatic amines is 1. The van der Waals surface area contributed by atoms with Crippen LogP contribution in [0.15, 0.2) is 36.5 Å². The number of carbonyl (C=O) groups excluding carboxylic acids is 1. The number of hydrogen-bond donors (Lipinski definition) is 1. The summed E-state index contributed by atoms with van der Waals surface area (Å²) < 4.78 is 19.6. The van der Waals surface area contributed by atoms with Gasteiger partial charge in [-0.1, -0.05) is 12.1 Å². The van der Waals surface area contributed by atoms with Crippen LogP contribution < -0.4 is 0 Å². The molecule has 1 N–H and O–H groups in total. The largest absolute Gasteiger partial charge is 0.368 e. The lowest BCUT2D eigenvalue weighted by Gasteiger charge is -2.32. The third kappa shape index (κ3) is 2.98. The molecule has 4 rings (SSSR count). The van der Waals surface area contributed by atoms with Gasteiger partial charge in [0.05, 0.1) is 24.4 Å². The van der Waals surface area contributed by atoms with Gasteiger partial charge in [0.2, 0.25) is 0 Å². The maximum Gasteiger partial charge on any atom is 0.270 e. The molecule has 1 atom stereocenters. The Bertz CT molecular complexity index is 940. The van der Waals surface area contributed by atoms with Crippen LogP contribution >= 0.6 is 0 Å². The van der Waals surface area contributed by atoms with Crippen LogP contribution in [0.1, 0.15) is 28.1 Å². The molecule has 1 aliphatic heterocycles. The van der Waals surface area contributed by atoms with Crippen LogP contribution in [0.2, 0.25) is 0 Å². The molecule has 6 nitrogen and oxygen atoms in total. The minimum absolute atomic E-state index is 0.172. The molecule has 0 aliphatic carbocycles. The molecular formula is C18H17FN4O2. The van der Waals surface area contributed by atoms with E-state index in [2.05, 4.69) is 15.0 Å². The van der Waals surface area contributed by atoms with Crippen molar-refractivity contribution in [2.75, 3.05) is 19.7 Å². The van der Waals surface area contributed by atoms with Crippen molar-refractivity contribution in [3.63, 3.8) is 0 Å². The highest BCUT2D eigenvalue weighted by atomic mass is 19.1. The Morgan fingerprint density at radius 1 is 1.40 bits per heavy atom. The number of benzene rings is 1. The third-order valence-corrected chi connectivity index (χ3v) is 4.32. The number of fused-ring (bicyclic) bond motifs is 1. The predicted octanol–water partition coefficient (Wildman–Crippen LogP) is 2.62. The van der Waals surface area contributed by atoms with Gasteiger partial charge in [-0.2, -0.15) is 0 Å². The Morgan fingerprint density at radius 2 is 2.28 bits per heavy atom. The van der Waals surface area contributed by atoms with Gasteiger partial charge in [0.15, 0.2) is 0 Å². The van der Waals surface area contributed by atoms with Crippen LogP contribution in [0.5, 0.6) is 0 Å². The molecular weight excluding hydrogens is 323 g/mol. The molecule has 2 aromatic heterocycles. The molecule has 128 valence electrons. The smallest absolute Gasteiger partial charge is 0.270 e. The maximum atomic E-state index is 13.8. The van der Waals surface area contributed by atoms with Crippen molar-refractivity contribution >= 4 is 16.8 Å². The lowest BCUT2D eigenvalue weighted by atomic mass is 10.2. The number of halogens is 1. The van der Waals surface area contributed by atoms with E-state index in [1.165, 1.54) is 6.07 Å². The van der Waals surface area contributed by atoms with Crippen LogP contribution in [-0.4, -0.2) is 45.5 Å². The molecule has 1 amide bonds. The summed E-state index contributed by atoms with van der Waals surface area (Å²) >= 11 is 0. The number of hydrogen-bond acceptors (Lipinski definition) is 4. The summed E-state index contributed by atoms with van der Waals surface area (Å²) in [6, 6.07) is 8.25. The van der Waals surface area contributed by atoms with Gasteiger partial charge in [0.25, 0.3) is 5.91 Å². The Kier molecular flexibility index (Phi) is 3.93. The molecule has 25 heavy (non-hydrogen) atoms. The summed E-state index contributed by atoms with van der Waals surface area (Å²) in [5.41, 5.74) is 1.48. The van der Waals surface area contributed by atoms with Crippen LogP contribution in [0, 0.1) is 12.7 Å². The number of nitrogens with zero attached hydrogens (tertiary/aromatic N) is 3. The van der Waals surface area contributed by atoms with Crippen molar-refractivity contribution in [1.82, 2.24) is 19.9 Å². The Balaban J connectivity index is 1.57. The van der Waals surface area contributed by atoms with E-state index in [1.807, 2.05) is 6.92 Å². The van der Waals surface area contributed by atoms with Gasteiger partial charge >= 0.3 is 0 Å². The summed E-state index contributed by atoms with van der Waals surface area (Å²) in [6.07, 6.45) is 1.39. The van der Waals surface area contributed by atoms with Gasteiger partial charge in [0.1, 0.15) is 23.4 Å². The van der Waals surface area contributed by atoms with E-state index in [1.54, 1.807) is 35.4 Å². The molecule has 0 bridgehead atoms. The van der Waals surface area contributed by atoms with Crippen molar-refractivity contribution < 1.29 is 13.9 Å². The van der Waals surface area contributed by atoms with E-state index in [0.29, 0.717) is 42.1 Å². The van der Waals surface area contributed by atoms with Crippen LogP contribution in [0.4, 0.5) is 4.39 Å². The topological polar surface area (TPSA) is 71.1 Å². The second kappa shape index (κ2) is 6.25. The molecule has 0 radical (unpaired) electrons. The number of amides is 1. The van der Waals surface area contributed by atoms with Gasteiger partial charge in [-0.25, -0.2) is 14.4 Å². The number of para-hydroxylation sites is 1. The molecule has 3 heterocycles. The fourth-order valence-electron chi connectivity index (χ4n) is 3.07. The van der Waals surface area contributed by atoms with Gasteiger partial charge in [-0.3, -0.25) is 4.79 Å². The van der Waals surface area contributed by atoms with E-state index in [4.69, 9.17) is 4.74 Å². The molecule has 1 aromatic carbocycles. The number of carbonyl (C=O) groups is 1. The minimum Gasteiger partial charge on any atom is -0.368 e. The number of aromatic nitrogens is 3. The van der Waals surface area contributed by atoms with Crippen molar-refractivity contribution in [3.05, 3.63) is 59.6 Å². The van der Waals surface area contributed by atoms with E-state index < -0.39 is 0 Å². The molecule has 3 aromatic rings. The van der Waals surface area contributed by atoms with Crippen molar-refractivity contribution in [3.8, 4) is 0 Å². The third-order valence-electron chi connectivity index (χ3n) is 4.32. The molecule has 1 saturated heterocycles. The minimum atomic E-state index is -0.368. The average Bonchev–Trinajstić information content (AvgIpc) is 3.07. The molecule has 0 spiro atoms. The normalized spacial score (nSPS) is 17.8. The number of morpholine rings is 1. The van der Waals surface area contributed by atoms with Crippen LogP contribution in [-0.2, 0) is 4.74 Å². The SMILES string of the molecule is Cc1nccc(C2CN(C(=O)c3cc4cccc(F)c4[nH]3)CCO2)n1. The molecule has 1 fully saturated rings. The average molecular weight is 340 g/mol. The molecule has 0 saturated carbocycles. The lowest BCUT2D eigenvalue weighted by Crippen LogP contribution is -2.42. The number of nitrogens with one attached hydrogen (secondary N) is 1. The summed E-state index contributed by atoms with van der Waals surface area (Å²) in [7, 11) is 0. The van der Waals surface area contributed by atoms with Crippen molar-refractivity contribution in [2.45, 2.75) is 13.0 Å². The van der Waals surface area contributed by atoms with E-state index >= 15 is 0 Å². The number of ether oxygens (including phenoxy) is 1. The van der Waals surface area contributed by atoms with Gasteiger partial charge in [-0.05, 0) is 25.1 Å². The first kappa shape index (κ1) is 15.7. The highest BCUT2D eigenvalue weighted by Gasteiger charge is 2.28. The van der Waals surface area contributed by atoms with E-state index in [-0.39, 0.29) is 17.8 Å². The maximum absolute atomic E-state index is 13.8. The van der Waals surface area contributed by atoms with E-state index in [9.17, 15) is 9.18 Å². The zero-order chi connectivity index (χ0) is 17.4. The quantitative estimate of drug-likeness (QED) is 0.778. The lowest BCUT2D eigenvalue weighted by molar-refractivity contribution is -0.0250.